The van der Waals surface area contributed by atoms with Gasteiger partial charge in [-0.2, -0.15) is 0 Å². The highest BCUT2D eigenvalue weighted by Gasteiger charge is 2.28. The van der Waals surface area contributed by atoms with Crippen LogP contribution in [0.4, 0.5) is 0 Å². The first-order valence-electron chi connectivity index (χ1n) is 11.1. The number of carbonyl (C=O) groups excluding carboxylic acids is 2. The van der Waals surface area contributed by atoms with E-state index in [-0.39, 0.29) is 18.4 Å². The number of nitrogens with zero attached hydrogens (tertiary/aromatic N) is 1. The average molecular weight is 425 g/mol. The van der Waals surface area contributed by atoms with Crippen LogP contribution in [0, 0.1) is 19.8 Å². The maximum atomic E-state index is 13.2. The van der Waals surface area contributed by atoms with Crippen molar-refractivity contribution in [3.63, 3.8) is 0 Å². The van der Waals surface area contributed by atoms with E-state index in [9.17, 15) is 9.59 Å². The van der Waals surface area contributed by atoms with Gasteiger partial charge in [-0.3, -0.25) is 9.59 Å². The molecule has 5 heteroatoms. The topological polar surface area (TPSA) is 58.6 Å². The lowest BCUT2D eigenvalue weighted by atomic mass is 10.1. The van der Waals surface area contributed by atoms with E-state index < -0.39 is 6.04 Å². The molecule has 2 rings (SSSR count). The number of amides is 2. The monoisotopic (exact) mass is 424 g/mol. The zero-order chi connectivity index (χ0) is 22.8. The van der Waals surface area contributed by atoms with Crippen molar-refractivity contribution in [2.24, 2.45) is 5.92 Å². The summed E-state index contributed by atoms with van der Waals surface area (Å²) in [5, 5.41) is 2.98. The molecule has 168 valence electrons. The standard InChI is InChI=1S/C26H36N2O3/c1-6-23(26(30)27-17-19(2)3)28(15-14-22-10-8-7-9-11-22)25(29)18-31-24-16-20(4)12-13-21(24)5/h7-13,16,19,23H,6,14-15,17-18H2,1-5H3,(H,27,30)/t23-/m1/s1. The second-order valence-corrected chi connectivity index (χ2v) is 8.44. The Morgan fingerprint density at radius 1 is 1.06 bits per heavy atom. The molecule has 2 amide bonds. The second kappa shape index (κ2) is 12.1. The van der Waals surface area contributed by atoms with E-state index in [2.05, 4.69) is 19.2 Å². The van der Waals surface area contributed by atoms with Crippen LogP contribution in [0.25, 0.3) is 0 Å². The number of ether oxygens (including phenoxy) is 1. The molecule has 0 saturated heterocycles. The van der Waals surface area contributed by atoms with Crippen LogP contribution in [0.3, 0.4) is 0 Å². The predicted octanol–water partition coefficient (Wildman–Crippen LogP) is 4.30. The minimum Gasteiger partial charge on any atom is -0.483 e. The summed E-state index contributed by atoms with van der Waals surface area (Å²) in [6, 6.07) is 15.4. The summed E-state index contributed by atoms with van der Waals surface area (Å²) in [5.41, 5.74) is 3.19. The molecule has 0 aliphatic heterocycles. The Balaban J connectivity index is 2.14. The van der Waals surface area contributed by atoms with Gasteiger partial charge in [-0.05, 0) is 55.4 Å². The van der Waals surface area contributed by atoms with Crippen LogP contribution >= 0.6 is 0 Å². The van der Waals surface area contributed by atoms with Gasteiger partial charge in [0, 0.05) is 13.1 Å². The average Bonchev–Trinajstić information content (AvgIpc) is 2.76. The molecule has 2 aromatic carbocycles. The number of hydrogen-bond acceptors (Lipinski definition) is 3. The Morgan fingerprint density at radius 2 is 1.77 bits per heavy atom. The van der Waals surface area contributed by atoms with E-state index in [0.29, 0.717) is 37.6 Å². The summed E-state index contributed by atoms with van der Waals surface area (Å²) in [7, 11) is 0. The van der Waals surface area contributed by atoms with Crippen molar-refractivity contribution in [2.75, 3.05) is 19.7 Å². The van der Waals surface area contributed by atoms with Gasteiger partial charge < -0.3 is 15.0 Å². The van der Waals surface area contributed by atoms with Gasteiger partial charge in [0.15, 0.2) is 6.61 Å². The minimum atomic E-state index is -0.517. The minimum absolute atomic E-state index is 0.0902. The summed E-state index contributed by atoms with van der Waals surface area (Å²) >= 11 is 0. The van der Waals surface area contributed by atoms with Gasteiger partial charge in [0.1, 0.15) is 11.8 Å². The molecule has 1 atom stereocenters. The van der Waals surface area contributed by atoms with Crippen LogP contribution in [-0.4, -0.2) is 42.5 Å². The molecule has 0 aromatic heterocycles. The Morgan fingerprint density at radius 3 is 2.42 bits per heavy atom. The smallest absolute Gasteiger partial charge is 0.261 e. The molecule has 5 nitrogen and oxygen atoms in total. The van der Waals surface area contributed by atoms with Gasteiger partial charge in [-0.25, -0.2) is 0 Å². The summed E-state index contributed by atoms with van der Waals surface area (Å²) in [6.45, 7) is 11.0. The number of carbonyl (C=O) groups is 2. The lowest BCUT2D eigenvalue weighted by Gasteiger charge is -2.31. The first-order chi connectivity index (χ1) is 14.8. The highest BCUT2D eigenvalue weighted by molar-refractivity contribution is 5.88. The Kier molecular flexibility index (Phi) is 9.57. The van der Waals surface area contributed by atoms with Crippen molar-refractivity contribution in [2.45, 2.75) is 53.5 Å². The molecule has 0 aliphatic carbocycles. The number of hydrogen-bond donors (Lipinski definition) is 1. The van der Waals surface area contributed by atoms with E-state index in [1.807, 2.05) is 69.3 Å². The zero-order valence-electron chi connectivity index (χ0n) is 19.5. The zero-order valence-corrected chi connectivity index (χ0v) is 19.5. The first kappa shape index (κ1) is 24.4. The summed E-state index contributed by atoms with van der Waals surface area (Å²) < 4.78 is 5.86. The lowest BCUT2D eigenvalue weighted by Crippen LogP contribution is -2.51. The molecule has 0 fully saturated rings. The largest absolute Gasteiger partial charge is 0.483 e. The molecule has 0 aliphatic rings. The molecular formula is C26H36N2O3. The van der Waals surface area contributed by atoms with Crippen LogP contribution in [-0.2, 0) is 16.0 Å². The normalized spacial score (nSPS) is 11.8. The maximum absolute atomic E-state index is 13.2. The van der Waals surface area contributed by atoms with Gasteiger partial charge in [-0.15, -0.1) is 0 Å². The van der Waals surface area contributed by atoms with E-state index in [0.717, 1.165) is 16.7 Å². The highest BCUT2D eigenvalue weighted by atomic mass is 16.5. The predicted molar refractivity (Wildman–Crippen MR) is 125 cm³/mol. The third-order valence-corrected chi connectivity index (χ3v) is 5.25. The van der Waals surface area contributed by atoms with Crippen molar-refractivity contribution < 1.29 is 14.3 Å². The Hall–Kier alpha value is -2.82. The molecule has 0 heterocycles. The van der Waals surface area contributed by atoms with Crippen molar-refractivity contribution in [1.29, 1.82) is 0 Å². The van der Waals surface area contributed by atoms with E-state index in [4.69, 9.17) is 4.74 Å². The third-order valence-electron chi connectivity index (χ3n) is 5.25. The van der Waals surface area contributed by atoms with Crippen LogP contribution in [0.15, 0.2) is 48.5 Å². The molecule has 2 aromatic rings. The SMILES string of the molecule is CC[C@H](C(=O)NCC(C)C)N(CCc1ccccc1)C(=O)COc1cc(C)ccc1C. The molecular weight excluding hydrogens is 388 g/mol. The van der Waals surface area contributed by atoms with Gasteiger partial charge in [0.2, 0.25) is 5.91 Å². The number of aryl methyl sites for hydroxylation is 2. The quantitative estimate of drug-likeness (QED) is 0.585. The fourth-order valence-corrected chi connectivity index (χ4v) is 3.40. The summed E-state index contributed by atoms with van der Waals surface area (Å²) in [4.78, 5) is 27.7. The van der Waals surface area contributed by atoms with Crippen molar-refractivity contribution in [3.8, 4) is 5.75 Å². The molecule has 1 N–H and O–H groups in total. The second-order valence-electron chi connectivity index (χ2n) is 8.44. The molecule has 0 bridgehead atoms. The Bertz CT molecular complexity index is 849. The van der Waals surface area contributed by atoms with Crippen LogP contribution < -0.4 is 10.1 Å². The molecule has 31 heavy (non-hydrogen) atoms. The van der Waals surface area contributed by atoms with Gasteiger partial charge in [-0.1, -0.05) is 63.2 Å². The van der Waals surface area contributed by atoms with E-state index in [1.54, 1.807) is 4.90 Å². The number of rotatable bonds is 11. The highest BCUT2D eigenvalue weighted by Crippen LogP contribution is 2.19. The molecule has 0 unspecified atom stereocenters. The fourth-order valence-electron chi connectivity index (χ4n) is 3.40. The van der Waals surface area contributed by atoms with Gasteiger partial charge in [0.05, 0.1) is 0 Å². The van der Waals surface area contributed by atoms with Crippen molar-refractivity contribution in [1.82, 2.24) is 10.2 Å². The van der Waals surface area contributed by atoms with Gasteiger partial charge in [0.25, 0.3) is 5.91 Å². The number of benzene rings is 2. The van der Waals surface area contributed by atoms with Crippen molar-refractivity contribution in [3.05, 3.63) is 65.2 Å². The maximum Gasteiger partial charge on any atom is 0.261 e. The van der Waals surface area contributed by atoms with E-state index >= 15 is 0 Å². The first-order valence-corrected chi connectivity index (χ1v) is 11.1. The van der Waals surface area contributed by atoms with Crippen LogP contribution in [0.5, 0.6) is 5.75 Å². The van der Waals surface area contributed by atoms with Crippen LogP contribution in [0.2, 0.25) is 0 Å². The third kappa shape index (κ3) is 7.74. The Labute approximate surface area is 186 Å². The van der Waals surface area contributed by atoms with Gasteiger partial charge >= 0.3 is 0 Å². The summed E-state index contributed by atoms with van der Waals surface area (Å²) in [6.07, 6.45) is 1.23. The fraction of sp³-hybridized carbons (Fsp3) is 0.462. The number of nitrogens with one attached hydrogen (secondary N) is 1. The molecule has 0 saturated carbocycles. The lowest BCUT2D eigenvalue weighted by molar-refractivity contribution is -0.142. The van der Waals surface area contributed by atoms with E-state index in [1.165, 1.54) is 0 Å². The summed E-state index contributed by atoms with van der Waals surface area (Å²) in [5.74, 6) is 0.768. The van der Waals surface area contributed by atoms with Crippen molar-refractivity contribution >= 4 is 11.8 Å². The van der Waals surface area contributed by atoms with Crippen LogP contribution in [0.1, 0.15) is 43.9 Å². The molecule has 0 spiro atoms. The molecule has 0 radical (unpaired) electrons.